The predicted octanol–water partition coefficient (Wildman–Crippen LogP) is 1.67. The molecule has 3 heterocycles. The monoisotopic (exact) mass is 251 g/mol. The van der Waals surface area contributed by atoms with E-state index >= 15 is 0 Å². The minimum absolute atomic E-state index is 0.661. The van der Waals surface area contributed by atoms with Gasteiger partial charge in [0.05, 0.1) is 0 Å². The molecule has 0 amide bonds. The van der Waals surface area contributed by atoms with E-state index in [1.807, 2.05) is 0 Å². The van der Waals surface area contributed by atoms with E-state index < -0.39 is 0 Å². The average molecular weight is 251 g/mol. The van der Waals surface area contributed by atoms with Gasteiger partial charge < -0.3 is 5.73 Å². The van der Waals surface area contributed by atoms with E-state index in [0.29, 0.717) is 6.04 Å². The summed E-state index contributed by atoms with van der Waals surface area (Å²) in [6, 6.07) is 2.34. The van der Waals surface area contributed by atoms with Gasteiger partial charge in [0.2, 0.25) is 0 Å². The number of likely N-dealkylation sites (tertiary alicyclic amines) is 1. The molecule has 0 aromatic carbocycles. The smallest absolute Gasteiger partial charge is 0.0267 e. The first-order chi connectivity index (χ1) is 8.83. The SMILES string of the molecule is CCC1CCN(C2CCN3CCCC23)C(CN)C1. The van der Waals surface area contributed by atoms with Crippen molar-refractivity contribution in [2.45, 2.75) is 63.6 Å². The van der Waals surface area contributed by atoms with Gasteiger partial charge in [-0.2, -0.15) is 0 Å². The summed E-state index contributed by atoms with van der Waals surface area (Å²) < 4.78 is 0. The Morgan fingerprint density at radius 2 is 1.94 bits per heavy atom. The van der Waals surface area contributed by atoms with Gasteiger partial charge in [-0.1, -0.05) is 13.3 Å². The third kappa shape index (κ3) is 2.21. The van der Waals surface area contributed by atoms with Crippen molar-refractivity contribution in [2.24, 2.45) is 11.7 Å². The Morgan fingerprint density at radius 1 is 1.06 bits per heavy atom. The number of hydrogen-bond donors (Lipinski definition) is 1. The standard InChI is InChI=1S/C15H29N3/c1-2-12-5-9-18(13(10-12)11-16)15-6-8-17-7-3-4-14(15)17/h12-15H,2-11,16H2,1H3. The Kier molecular flexibility index (Phi) is 3.92. The van der Waals surface area contributed by atoms with Gasteiger partial charge in [0.25, 0.3) is 0 Å². The van der Waals surface area contributed by atoms with Gasteiger partial charge in [-0.3, -0.25) is 9.80 Å². The Morgan fingerprint density at radius 3 is 2.72 bits per heavy atom. The van der Waals surface area contributed by atoms with Crippen molar-refractivity contribution in [3.63, 3.8) is 0 Å². The normalized spacial score (nSPS) is 42.3. The highest BCUT2D eigenvalue weighted by Gasteiger charge is 2.43. The largest absolute Gasteiger partial charge is 0.329 e. The van der Waals surface area contributed by atoms with Crippen LogP contribution in [-0.4, -0.2) is 54.1 Å². The summed E-state index contributed by atoms with van der Waals surface area (Å²) in [5.74, 6) is 0.927. The number of rotatable bonds is 3. The summed E-state index contributed by atoms with van der Waals surface area (Å²) >= 11 is 0. The van der Waals surface area contributed by atoms with Crippen molar-refractivity contribution < 1.29 is 0 Å². The van der Waals surface area contributed by atoms with Gasteiger partial charge in [-0.25, -0.2) is 0 Å². The first-order valence-electron chi connectivity index (χ1n) is 8.03. The minimum Gasteiger partial charge on any atom is -0.329 e. The van der Waals surface area contributed by atoms with Crippen LogP contribution in [0.5, 0.6) is 0 Å². The molecule has 3 fully saturated rings. The predicted molar refractivity (Wildman–Crippen MR) is 75.6 cm³/mol. The molecule has 3 heteroatoms. The quantitative estimate of drug-likeness (QED) is 0.828. The lowest BCUT2D eigenvalue weighted by molar-refractivity contribution is 0.0570. The van der Waals surface area contributed by atoms with Gasteiger partial charge in [0, 0.05) is 31.2 Å². The second-order valence-electron chi connectivity index (χ2n) is 6.53. The Balaban J connectivity index is 1.67. The number of fused-ring (bicyclic) bond motifs is 1. The maximum absolute atomic E-state index is 6.06. The maximum Gasteiger partial charge on any atom is 0.0267 e. The van der Waals surface area contributed by atoms with Crippen LogP contribution in [-0.2, 0) is 0 Å². The molecule has 3 nitrogen and oxygen atoms in total. The first kappa shape index (κ1) is 12.9. The van der Waals surface area contributed by atoms with Crippen molar-refractivity contribution in [3.05, 3.63) is 0 Å². The Labute approximate surface area is 112 Å². The van der Waals surface area contributed by atoms with E-state index in [2.05, 4.69) is 16.7 Å². The Hall–Kier alpha value is -0.120. The van der Waals surface area contributed by atoms with E-state index in [4.69, 9.17) is 5.73 Å². The fourth-order valence-electron chi connectivity index (χ4n) is 4.63. The lowest BCUT2D eigenvalue weighted by atomic mass is 9.87. The van der Waals surface area contributed by atoms with Crippen LogP contribution in [0.4, 0.5) is 0 Å². The van der Waals surface area contributed by atoms with Gasteiger partial charge in [-0.05, 0) is 51.1 Å². The second-order valence-corrected chi connectivity index (χ2v) is 6.53. The van der Waals surface area contributed by atoms with Crippen molar-refractivity contribution in [2.75, 3.05) is 26.2 Å². The molecule has 3 rings (SSSR count). The van der Waals surface area contributed by atoms with E-state index in [9.17, 15) is 0 Å². The molecule has 3 saturated heterocycles. The molecular formula is C15H29N3. The molecule has 0 aliphatic carbocycles. The first-order valence-corrected chi connectivity index (χ1v) is 8.03. The van der Waals surface area contributed by atoms with Crippen molar-refractivity contribution in [3.8, 4) is 0 Å². The molecule has 0 aromatic rings. The lowest BCUT2D eigenvalue weighted by Gasteiger charge is -2.44. The van der Waals surface area contributed by atoms with Crippen LogP contribution in [0.3, 0.4) is 0 Å². The lowest BCUT2D eigenvalue weighted by Crippen LogP contribution is -2.54. The van der Waals surface area contributed by atoms with Crippen LogP contribution >= 0.6 is 0 Å². The third-order valence-electron chi connectivity index (χ3n) is 5.72. The zero-order chi connectivity index (χ0) is 12.5. The van der Waals surface area contributed by atoms with E-state index in [0.717, 1.165) is 24.5 Å². The summed E-state index contributed by atoms with van der Waals surface area (Å²) in [4.78, 5) is 5.52. The number of piperidine rings is 1. The summed E-state index contributed by atoms with van der Waals surface area (Å²) in [6.45, 7) is 7.18. The highest BCUT2D eigenvalue weighted by molar-refractivity contribution is 4.99. The van der Waals surface area contributed by atoms with E-state index in [1.165, 1.54) is 58.2 Å². The molecule has 0 saturated carbocycles. The average Bonchev–Trinajstić information content (AvgIpc) is 3.00. The van der Waals surface area contributed by atoms with Crippen LogP contribution in [0.1, 0.15) is 45.4 Å². The second kappa shape index (κ2) is 5.48. The molecule has 0 aromatic heterocycles. The van der Waals surface area contributed by atoms with Crippen molar-refractivity contribution in [1.29, 1.82) is 0 Å². The van der Waals surface area contributed by atoms with Gasteiger partial charge in [-0.15, -0.1) is 0 Å². The minimum atomic E-state index is 0.661. The van der Waals surface area contributed by atoms with Crippen LogP contribution in [0.2, 0.25) is 0 Å². The molecular weight excluding hydrogens is 222 g/mol. The fourth-order valence-corrected chi connectivity index (χ4v) is 4.63. The third-order valence-corrected chi connectivity index (χ3v) is 5.72. The molecule has 3 aliphatic rings. The number of hydrogen-bond acceptors (Lipinski definition) is 3. The molecule has 3 aliphatic heterocycles. The number of nitrogens with zero attached hydrogens (tertiary/aromatic N) is 2. The molecule has 104 valence electrons. The summed E-state index contributed by atoms with van der Waals surface area (Å²) in [5, 5.41) is 0. The molecule has 4 unspecified atom stereocenters. The fraction of sp³-hybridized carbons (Fsp3) is 1.00. The molecule has 2 N–H and O–H groups in total. The van der Waals surface area contributed by atoms with Gasteiger partial charge >= 0.3 is 0 Å². The van der Waals surface area contributed by atoms with Crippen LogP contribution in [0.25, 0.3) is 0 Å². The summed E-state index contributed by atoms with van der Waals surface area (Å²) in [5.41, 5.74) is 6.06. The Bertz CT molecular complexity index is 281. The van der Waals surface area contributed by atoms with Gasteiger partial charge in [0.15, 0.2) is 0 Å². The molecule has 18 heavy (non-hydrogen) atoms. The highest BCUT2D eigenvalue weighted by Crippen LogP contribution is 2.35. The topological polar surface area (TPSA) is 32.5 Å². The number of nitrogens with two attached hydrogens (primary N) is 1. The van der Waals surface area contributed by atoms with Crippen molar-refractivity contribution >= 4 is 0 Å². The van der Waals surface area contributed by atoms with E-state index in [-0.39, 0.29) is 0 Å². The summed E-state index contributed by atoms with van der Waals surface area (Å²) in [7, 11) is 0. The summed E-state index contributed by atoms with van der Waals surface area (Å²) in [6.07, 6.45) is 8.31. The van der Waals surface area contributed by atoms with Gasteiger partial charge in [0.1, 0.15) is 0 Å². The van der Waals surface area contributed by atoms with Crippen molar-refractivity contribution in [1.82, 2.24) is 9.80 Å². The zero-order valence-electron chi connectivity index (χ0n) is 11.9. The zero-order valence-corrected chi connectivity index (χ0v) is 11.9. The molecule has 4 atom stereocenters. The highest BCUT2D eigenvalue weighted by atomic mass is 15.3. The van der Waals surface area contributed by atoms with Crippen LogP contribution in [0, 0.1) is 5.92 Å². The molecule has 0 bridgehead atoms. The van der Waals surface area contributed by atoms with Crippen LogP contribution < -0.4 is 5.73 Å². The maximum atomic E-state index is 6.06. The molecule has 0 radical (unpaired) electrons. The molecule has 0 spiro atoms. The van der Waals surface area contributed by atoms with E-state index in [1.54, 1.807) is 0 Å². The van der Waals surface area contributed by atoms with Crippen LogP contribution in [0.15, 0.2) is 0 Å².